The normalized spacial score (nSPS) is 16.1. The number of amides is 1. The summed E-state index contributed by atoms with van der Waals surface area (Å²) in [4.78, 5) is 11.8. The van der Waals surface area contributed by atoms with Gasteiger partial charge in [0.25, 0.3) is 0 Å². The first-order chi connectivity index (χ1) is 8.69. The van der Waals surface area contributed by atoms with Crippen LogP contribution in [-0.4, -0.2) is 36.8 Å². The molecule has 18 heavy (non-hydrogen) atoms. The highest BCUT2D eigenvalue weighted by Gasteiger charge is 2.41. The maximum atomic E-state index is 11.8. The van der Waals surface area contributed by atoms with E-state index in [1.165, 1.54) is 0 Å². The van der Waals surface area contributed by atoms with E-state index < -0.39 is 0 Å². The van der Waals surface area contributed by atoms with E-state index in [-0.39, 0.29) is 24.6 Å². The molecule has 1 fully saturated rings. The minimum absolute atomic E-state index is 0.0783. The first-order valence-corrected chi connectivity index (χ1v) is 5.98. The lowest BCUT2D eigenvalue weighted by Crippen LogP contribution is -2.40. The summed E-state index contributed by atoms with van der Waals surface area (Å²) in [5.41, 5.74) is 0.429. The topological polar surface area (TPSA) is 70.6 Å². The van der Waals surface area contributed by atoms with Crippen molar-refractivity contribution >= 4 is 11.6 Å². The molecule has 3 N–H and O–H groups in total. The van der Waals surface area contributed by atoms with Gasteiger partial charge in [0.05, 0.1) is 25.9 Å². The molecule has 2 rings (SSSR count). The number of nitrogens with one attached hydrogen (secondary N) is 2. The summed E-state index contributed by atoms with van der Waals surface area (Å²) in [6.45, 7) is 0.271. The molecule has 0 aromatic heterocycles. The monoisotopic (exact) mass is 250 g/mol. The molecule has 1 aliphatic rings. The van der Waals surface area contributed by atoms with Gasteiger partial charge in [-0.15, -0.1) is 0 Å². The number of carbonyl (C=O) groups excluding carboxylic acids is 1. The van der Waals surface area contributed by atoms with Crippen molar-refractivity contribution in [1.82, 2.24) is 5.32 Å². The van der Waals surface area contributed by atoms with Crippen molar-refractivity contribution in [3.63, 3.8) is 0 Å². The second kappa shape index (κ2) is 5.37. The summed E-state index contributed by atoms with van der Waals surface area (Å²) < 4.78 is 5.15. The smallest absolute Gasteiger partial charge is 0.238 e. The summed E-state index contributed by atoms with van der Waals surface area (Å²) >= 11 is 0. The fourth-order valence-corrected chi connectivity index (χ4v) is 1.75. The molecule has 1 saturated carbocycles. The minimum Gasteiger partial charge on any atom is -0.495 e. The minimum atomic E-state index is -0.224. The average Bonchev–Trinajstić information content (AvgIpc) is 3.18. The maximum Gasteiger partial charge on any atom is 0.238 e. The Kier molecular flexibility index (Phi) is 3.84. The van der Waals surface area contributed by atoms with E-state index in [2.05, 4.69) is 10.6 Å². The van der Waals surface area contributed by atoms with Crippen LogP contribution < -0.4 is 15.4 Å². The second-order valence-corrected chi connectivity index (χ2v) is 4.54. The Balaban J connectivity index is 1.87. The fourth-order valence-electron chi connectivity index (χ4n) is 1.75. The SMILES string of the molecule is COc1ccccc1NC(=O)CNC1(CO)CC1. The van der Waals surface area contributed by atoms with Crippen LogP contribution in [0.3, 0.4) is 0 Å². The quantitative estimate of drug-likeness (QED) is 0.696. The molecule has 1 aromatic rings. The van der Waals surface area contributed by atoms with Crippen molar-refractivity contribution in [3.8, 4) is 5.75 Å². The van der Waals surface area contributed by atoms with Crippen LogP contribution in [0.4, 0.5) is 5.69 Å². The van der Waals surface area contributed by atoms with Gasteiger partial charge in [0.1, 0.15) is 5.75 Å². The van der Waals surface area contributed by atoms with E-state index in [1.54, 1.807) is 19.2 Å². The number of para-hydroxylation sites is 2. The van der Waals surface area contributed by atoms with Crippen molar-refractivity contribution in [2.75, 3.05) is 25.6 Å². The Hall–Kier alpha value is -1.59. The number of hydrogen-bond acceptors (Lipinski definition) is 4. The molecule has 0 spiro atoms. The van der Waals surface area contributed by atoms with Crippen LogP contribution in [0, 0.1) is 0 Å². The van der Waals surface area contributed by atoms with Crippen LogP contribution in [0.5, 0.6) is 5.75 Å². The highest BCUT2D eigenvalue weighted by atomic mass is 16.5. The molecular formula is C13H18N2O3. The molecule has 5 heteroatoms. The predicted molar refractivity (Wildman–Crippen MR) is 68.7 cm³/mol. The van der Waals surface area contributed by atoms with Gasteiger partial charge in [0, 0.05) is 5.54 Å². The van der Waals surface area contributed by atoms with Crippen molar-refractivity contribution in [2.45, 2.75) is 18.4 Å². The summed E-state index contributed by atoms with van der Waals surface area (Å²) in [5, 5.41) is 15.0. The Morgan fingerprint density at radius 1 is 1.44 bits per heavy atom. The molecule has 0 unspecified atom stereocenters. The summed E-state index contributed by atoms with van der Waals surface area (Å²) in [6.07, 6.45) is 1.84. The number of ether oxygens (including phenoxy) is 1. The Labute approximate surface area is 106 Å². The Morgan fingerprint density at radius 2 is 2.17 bits per heavy atom. The molecule has 1 aromatic carbocycles. The molecule has 98 valence electrons. The van der Waals surface area contributed by atoms with Crippen LogP contribution in [0.25, 0.3) is 0 Å². The number of rotatable bonds is 6. The molecule has 0 saturated heterocycles. The lowest BCUT2D eigenvalue weighted by atomic mass is 10.2. The van der Waals surface area contributed by atoms with Gasteiger partial charge in [-0.05, 0) is 25.0 Å². The zero-order chi connectivity index (χ0) is 13.0. The van der Waals surface area contributed by atoms with Crippen LogP contribution in [0.1, 0.15) is 12.8 Å². The van der Waals surface area contributed by atoms with Crippen LogP contribution in [0.15, 0.2) is 24.3 Å². The van der Waals surface area contributed by atoms with Gasteiger partial charge in [0.2, 0.25) is 5.91 Å². The number of aliphatic hydroxyl groups excluding tert-OH is 1. The third kappa shape index (κ3) is 3.00. The van der Waals surface area contributed by atoms with Crippen LogP contribution >= 0.6 is 0 Å². The average molecular weight is 250 g/mol. The highest BCUT2D eigenvalue weighted by molar-refractivity contribution is 5.93. The molecule has 1 amide bonds. The molecule has 0 aliphatic heterocycles. The number of hydrogen-bond donors (Lipinski definition) is 3. The second-order valence-electron chi connectivity index (χ2n) is 4.54. The molecule has 0 radical (unpaired) electrons. The number of benzene rings is 1. The van der Waals surface area contributed by atoms with E-state index in [0.29, 0.717) is 11.4 Å². The number of anilines is 1. The van der Waals surface area contributed by atoms with Crippen molar-refractivity contribution < 1.29 is 14.6 Å². The molecule has 0 atom stereocenters. The lowest BCUT2D eigenvalue weighted by molar-refractivity contribution is -0.115. The summed E-state index contributed by atoms with van der Waals surface area (Å²) in [6, 6.07) is 7.26. The van der Waals surface area contributed by atoms with Gasteiger partial charge < -0.3 is 20.5 Å². The van der Waals surface area contributed by atoms with E-state index >= 15 is 0 Å². The van der Waals surface area contributed by atoms with Crippen molar-refractivity contribution in [1.29, 1.82) is 0 Å². The van der Waals surface area contributed by atoms with E-state index in [0.717, 1.165) is 12.8 Å². The number of carbonyl (C=O) groups is 1. The fraction of sp³-hybridized carbons (Fsp3) is 0.462. The molecule has 5 nitrogen and oxygen atoms in total. The molecular weight excluding hydrogens is 232 g/mol. The van der Waals surface area contributed by atoms with Gasteiger partial charge in [0.15, 0.2) is 0 Å². The summed E-state index contributed by atoms with van der Waals surface area (Å²) in [5.74, 6) is 0.494. The third-order valence-electron chi connectivity index (χ3n) is 3.16. The lowest BCUT2D eigenvalue weighted by Gasteiger charge is -2.14. The maximum absolute atomic E-state index is 11.8. The largest absolute Gasteiger partial charge is 0.495 e. The van der Waals surface area contributed by atoms with E-state index in [1.807, 2.05) is 12.1 Å². The zero-order valence-electron chi connectivity index (χ0n) is 10.4. The van der Waals surface area contributed by atoms with Gasteiger partial charge in [-0.25, -0.2) is 0 Å². The third-order valence-corrected chi connectivity index (χ3v) is 3.16. The predicted octanol–water partition coefficient (Wildman–Crippen LogP) is 0.748. The number of aliphatic hydroxyl groups is 1. The van der Waals surface area contributed by atoms with Crippen LogP contribution in [0.2, 0.25) is 0 Å². The molecule has 0 bridgehead atoms. The Morgan fingerprint density at radius 3 is 2.78 bits per heavy atom. The van der Waals surface area contributed by atoms with Crippen LogP contribution in [-0.2, 0) is 4.79 Å². The van der Waals surface area contributed by atoms with E-state index in [9.17, 15) is 4.79 Å². The summed E-state index contributed by atoms with van der Waals surface area (Å²) in [7, 11) is 1.56. The molecule has 0 heterocycles. The first-order valence-electron chi connectivity index (χ1n) is 5.98. The van der Waals surface area contributed by atoms with Crippen molar-refractivity contribution in [3.05, 3.63) is 24.3 Å². The van der Waals surface area contributed by atoms with Gasteiger partial charge in [-0.1, -0.05) is 12.1 Å². The van der Waals surface area contributed by atoms with E-state index in [4.69, 9.17) is 9.84 Å². The van der Waals surface area contributed by atoms with Gasteiger partial charge >= 0.3 is 0 Å². The standard InChI is InChI=1S/C13H18N2O3/c1-18-11-5-3-2-4-10(11)15-12(17)8-14-13(9-16)6-7-13/h2-5,14,16H,6-9H2,1H3,(H,15,17). The Bertz CT molecular complexity index is 430. The zero-order valence-corrected chi connectivity index (χ0v) is 10.4. The van der Waals surface area contributed by atoms with Gasteiger partial charge in [-0.2, -0.15) is 0 Å². The highest BCUT2D eigenvalue weighted by Crippen LogP contribution is 2.34. The van der Waals surface area contributed by atoms with Gasteiger partial charge in [-0.3, -0.25) is 4.79 Å². The molecule has 1 aliphatic carbocycles. The first kappa shape index (κ1) is 12.9. The number of methoxy groups -OCH3 is 1. The van der Waals surface area contributed by atoms with Crippen molar-refractivity contribution in [2.24, 2.45) is 0 Å².